The molecule has 0 aliphatic heterocycles. The molecule has 1 aliphatic carbocycles. The van der Waals surface area contributed by atoms with Gasteiger partial charge in [0.2, 0.25) is 0 Å². The molecule has 6 rings (SSSR count). The van der Waals surface area contributed by atoms with Gasteiger partial charge in [-0.3, -0.25) is 6.08 Å². The van der Waals surface area contributed by atoms with Crippen molar-refractivity contribution in [2.24, 2.45) is 11.3 Å². The zero-order valence-electron chi connectivity index (χ0n) is 26.8. The van der Waals surface area contributed by atoms with E-state index in [0.717, 1.165) is 48.5 Å². The molecule has 0 aromatic heterocycles. The van der Waals surface area contributed by atoms with E-state index in [-0.39, 0.29) is 35.9 Å². The van der Waals surface area contributed by atoms with E-state index in [0.29, 0.717) is 14.5 Å². The van der Waals surface area contributed by atoms with Crippen LogP contribution in [0.4, 0.5) is 26.3 Å². The van der Waals surface area contributed by atoms with Crippen LogP contribution >= 0.6 is 0 Å². The fraction of sp³-hybridized carbons (Fsp3) is 0.231. The van der Waals surface area contributed by atoms with Crippen LogP contribution in [0.15, 0.2) is 121 Å². The molecule has 0 amide bonds. The Morgan fingerprint density at radius 2 is 1.12 bits per heavy atom. The van der Waals surface area contributed by atoms with Crippen molar-refractivity contribution < 1.29 is 75.4 Å². The largest absolute Gasteiger partial charge is 1.00 e. The molecule has 0 fully saturated rings. The Morgan fingerprint density at radius 1 is 0.688 bits per heavy atom. The van der Waals surface area contributed by atoms with E-state index in [1.54, 1.807) is 0 Å². The summed E-state index contributed by atoms with van der Waals surface area (Å²) < 4.78 is 76.7. The minimum atomic E-state index is -4.49. The summed E-state index contributed by atoms with van der Waals surface area (Å²) in [5.41, 5.74) is 0.634. The summed E-state index contributed by atoms with van der Waals surface area (Å²) in [5.74, 6) is 0.573. The van der Waals surface area contributed by atoms with Crippen LogP contribution in [0.2, 0.25) is 0 Å². The Balaban J connectivity index is 0.000000263. The van der Waals surface area contributed by atoms with Gasteiger partial charge in [0, 0.05) is 0 Å². The maximum Gasteiger partial charge on any atom is -0.0771 e. The molecule has 5 aromatic rings. The number of halogens is 8. The van der Waals surface area contributed by atoms with Crippen molar-refractivity contribution in [2.45, 2.75) is 46.5 Å². The van der Waals surface area contributed by atoms with E-state index in [1.807, 2.05) is 0 Å². The standard InChI is InChI=1S/C15H8F6.C13H9.C11H17.2ClH.Zr/c16-14(17,18)12-5-1-3-10(8-12)7-11-4-2-6-13(9-11)15(19,20)21;1-3-7-12-10(5-1)9-11-6-2-4-8-13(11)12;1-5-9-6-7-10(8-9)11(2,3)4;;;/h1-6,8-9H;1-9H;7-9H,5H2,1-4H3;2*1H;/q;2*-1;;;+2/p-2. The predicted molar refractivity (Wildman–Crippen MR) is 172 cm³/mol. The Morgan fingerprint density at radius 3 is 1.48 bits per heavy atom. The number of allylic oxidation sites excluding steroid dienone is 4. The first-order chi connectivity index (χ1) is 21.6. The molecule has 252 valence electrons. The molecule has 0 nitrogen and oxygen atoms in total. The Bertz CT molecular complexity index is 1760. The molecular formula is C39H34Cl2F6Zr-2. The van der Waals surface area contributed by atoms with Gasteiger partial charge in [-0.15, -0.1) is 39.7 Å². The van der Waals surface area contributed by atoms with Crippen LogP contribution in [0.1, 0.15) is 56.4 Å². The summed E-state index contributed by atoms with van der Waals surface area (Å²) in [5, 5.41) is 5.39. The summed E-state index contributed by atoms with van der Waals surface area (Å²) in [6, 6.07) is 28.4. The molecule has 5 aromatic carbocycles. The smallest absolute Gasteiger partial charge is 0.0771 e. The topological polar surface area (TPSA) is 0 Å². The molecule has 0 bridgehead atoms. The number of fused-ring (bicyclic) bond motifs is 3. The van der Waals surface area contributed by atoms with Crippen molar-refractivity contribution in [3.8, 4) is 0 Å². The molecule has 48 heavy (non-hydrogen) atoms. The molecule has 9 heteroatoms. The number of benzene rings is 4. The molecule has 0 spiro atoms. The fourth-order valence-electron chi connectivity index (χ4n) is 4.98. The summed E-state index contributed by atoms with van der Waals surface area (Å²) >= 11 is 0.729. The molecule has 1 atom stereocenters. The van der Waals surface area contributed by atoms with Crippen LogP contribution < -0.4 is 24.8 Å². The third-order valence-electron chi connectivity index (χ3n) is 7.62. The first-order valence-electron chi connectivity index (χ1n) is 14.9. The Kier molecular flexibility index (Phi) is 14.8. The van der Waals surface area contributed by atoms with Gasteiger partial charge in [-0.05, 0) is 0 Å². The van der Waals surface area contributed by atoms with Gasteiger partial charge in [0.1, 0.15) is 0 Å². The van der Waals surface area contributed by atoms with Crippen LogP contribution in [0.3, 0.4) is 0 Å². The molecule has 1 unspecified atom stereocenters. The van der Waals surface area contributed by atoms with E-state index >= 15 is 0 Å². The van der Waals surface area contributed by atoms with E-state index in [1.165, 1.54) is 57.8 Å². The fourth-order valence-corrected chi connectivity index (χ4v) is 5.75. The van der Waals surface area contributed by atoms with Gasteiger partial charge in [0.25, 0.3) is 0 Å². The van der Waals surface area contributed by atoms with Gasteiger partial charge in [-0.2, -0.15) is 11.6 Å². The molecule has 0 N–H and O–H groups in total. The second-order valence-electron chi connectivity index (χ2n) is 12.0. The number of hydrogen-bond donors (Lipinski definition) is 0. The summed E-state index contributed by atoms with van der Waals surface area (Å²) in [4.78, 5) is 0. The van der Waals surface area contributed by atoms with Gasteiger partial charge >= 0.3 is 137 Å². The maximum atomic E-state index is 12.7. The summed E-state index contributed by atoms with van der Waals surface area (Å²) in [7, 11) is 0. The van der Waals surface area contributed by atoms with Crippen molar-refractivity contribution in [1.29, 1.82) is 0 Å². The second-order valence-corrected chi connectivity index (χ2v) is 13.3. The summed E-state index contributed by atoms with van der Waals surface area (Å²) in [6.07, 6.45) is 0.0304. The Labute approximate surface area is 305 Å². The third-order valence-corrected chi connectivity index (χ3v) is 9.04. The first kappa shape index (κ1) is 41.3. The van der Waals surface area contributed by atoms with Gasteiger partial charge in [-0.25, -0.2) is 6.08 Å². The normalized spacial score (nSPS) is 14.2. The quantitative estimate of drug-likeness (QED) is 0.158. The van der Waals surface area contributed by atoms with Crippen LogP contribution in [0, 0.1) is 17.4 Å². The SMILES string of the molecule is CCC1[C-]=CC(C(C)(C)C)=C1.FC(F)(F)c1cccc([C](=[Zr+2])c2cccc(C(F)(F)F)c2)c1.[Cl-].[Cl-].c1ccc2c(c1)[cH-]c1ccccc12. The van der Waals surface area contributed by atoms with E-state index < -0.39 is 23.5 Å². The predicted octanol–water partition coefficient (Wildman–Crippen LogP) is 5.92. The monoisotopic (exact) mass is 776 g/mol. The second kappa shape index (κ2) is 17.2. The third kappa shape index (κ3) is 10.8. The minimum absolute atomic E-state index is 0. The molecule has 0 heterocycles. The number of hydrogen-bond acceptors (Lipinski definition) is 0. The summed E-state index contributed by atoms with van der Waals surface area (Å²) in [6.45, 7) is 8.94. The zero-order chi connectivity index (χ0) is 33.7. The van der Waals surface area contributed by atoms with Crippen LogP contribution in [0.5, 0.6) is 0 Å². The van der Waals surface area contributed by atoms with Crippen LogP contribution in [0.25, 0.3) is 21.5 Å². The molecule has 0 saturated heterocycles. The van der Waals surface area contributed by atoms with Crippen molar-refractivity contribution in [3.05, 3.63) is 149 Å². The van der Waals surface area contributed by atoms with Crippen molar-refractivity contribution in [3.63, 3.8) is 0 Å². The minimum Gasteiger partial charge on any atom is -1.00 e. The maximum absolute atomic E-state index is 12.7. The average Bonchev–Trinajstić information content (AvgIpc) is 3.66. The van der Waals surface area contributed by atoms with E-state index in [4.69, 9.17) is 0 Å². The average molecular weight is 779 g/mol. The number of alkyl halides is 6. The van der Waals surface area contributed by atoms with Crippen molar-refractivity contribution in [1.82, 2.24) is 0 Å². The van der Waals surface area contributed by atoms with Crippen molar-refractivity contribution >= 4 is 24.8 Å². The van der Waals surface area contributed by atoms with Gasteiger partial charge in [0.15, 0.2) is 0 Å². The van der Waals surface area contributed by atoms with Crippen LogP contribution in [-0.4, -0.2) is 3.21 Å². The van der Waals surface area contributed by atoms with Crippen LogP contribution in [-0.2, 0) is 36.6 Å². The Hall–Kier alpha value is -2.86. The van der Waals surface area contributed by atoms with E-state index in [9.17, 15) is 26.3 Å². The van der Waals surface area contributed by atoms with Gasteiger partial charge in [-0.1, -0.05) is 81.8 Å². The molecule has 1 aliphatic rings. The van der Waals surface area contributed by atoms with Crippen molar-refractivity contribution in [2.75, 3.05) is 0 Å². The first-order valence-corrected chi connectivity index (χ1v) is 16.1. The zero-order valence-corrected chi connectivity index (χ0v) is 30.7. The molecule has 0 saturated carbocycles. The van der Waals surface area contributed by atoms with Gasteiger partial charge < -0.3 is 24.8 Å². The van der Waals surface area contributed by atoms with E-state index in [2.05, 4.69) is 101 Å². The molecule has 0 radical (unpaired) electrons. The number of rotatable bonds is 3. The molecular weight excluding hydrogens is 745 g/mol. The van der Waals surface area contributed by atoms with Gasteiger partial charge in [0.05, 0.1) is 0 Å².